The first-order valence-corrected chi connectivity index (χ1v) is 9.86. The van der Waals surface area contributed by atoms with E-state index in [2.05, 4.69) is 20.9 Å². The molecule has 0 aliphatic carbocycles. The molecule has 29 heavy (non-hydrogen) atoms. The zero-order valence-corrected chi connectivity index (χ0v) is 16.6. The van der Waals surface area contributed by atoms with Gasteiger partial charge in [-0.1, -0.05) is 48.5 Å². The second-order valence-electron chi connectivity index (χ2n) is 6.84. The maximum absolute atomic E-state index is 12.4. The van der Waals surface area contributed by atoms with Gasteiger partial charge in [0.15, 0.2) is 5.96 Å². The molecule has 3 N–H and O–H groups in total. The van der Waals surface area contributed by atoms with Gasteiger partial charge >= 0.3 is 0 Å². The number of hydrogen-bond donors (Lipinski definition) is 3. The van der Waals surface area contributed by atoms with Crippen LogP contribution in [0.5, 0.6) is 0 Å². The van der Waals surface area contributed by atoms with Gasteiger partial charge in [0, 0.05) is 31.7 Å². The Morgan fingerprint density at radius 1 is 1.07 bits per heavy atom. The van der Waals surface area contributed by atoms with Gasteiger partial charge in [-0.15, -0.1) is 0 Å². The van der Waals surface area contributed by atoms with E-state index in [4.69, 9.17) is 0 Å². The van der Waals surface area contributed by atoms with E-state index in [9.17, 15) is 9.59 Å². The minimum Gasteiger partial charge on any atom is -0.357 e. The standard InChI is InChI=1S/C22H27N5O2/c1-2-23-22(25-15-20(28)24-14-17-9-5-3-6-10-17)26-18-13-21(29)27(16-18)19-11-7-4-8-12-19/h3-12,18H,2,13-16H2,1H3,(H,24,28)(H2,23,25,26). The summed E-state index contributed by atoms with van der Waals surface area (Å²) in [5.41, 5.74) is 1.93. The van der Waals surface area contributed by atoms with Crippen LogP contribution in [0.4, 0.5) is 5.69 Å². The summed E-state index contributed by atoms with van der Waals surface area (Å²) in [6, 6.07) is 19.3. The lowest BCUT2D eigenvalue weighted by atomic mass is 10.2. The van der Waals surface area contributed by atoms with Gasteiger partial charge in [0.05, 0.1) is 6.04 Å². The number of carbonyl (C=O) groups excluding carboxylic acids is 2. The second-order valence-corrected chi connectivity index (χ2v) is 6.84. The van der Waals surface area contributed by atoms with Crippen molar-refractivity contribution >= 4 is 23.5 Å². The molecule has 1 saturated heterocycles. The van der Waals surface area contributed by atoms with Crippen LogP contribution in [-0.4, -0.2) is 43.5 Å². The van der Waals surface area contributed by atoms with Gasteiger partial charge in [-0.3, -0.25) is 9.59 Å². The van der Waals surface area contributed by atoms with Gasteiger partial charge in [-0.25, -0.2) is 4.99 Å². The van der Waals surface area contributed by atoms with Gasteiger partial charge in [-0.2, -0.15) is 0 Å². The fourth-order valence-corrected chi connectivity index (χ4v) is 3.18. The molecule has 1 atom stereocenters. The fraction of sp³-hybridized carbons (Fsp3) is 0.318. The van der Waals surface area contributed by atoms with Crippen molar-refractivity contribution in [3.63, 3.8) is 0 Å². The quantitative estimate of drug-likeness (QED) is 0.493. The highest BCUT2D eigenvalue weighted by molar-refractivity contribution is 5.97. The summed E-state index contributed by atoms with van der Waals surface area (Å²) in [4.78, 5) is 30.6. The topological polar surface area (TPSA) is 85.8 Å². The van der Waals surface area contributed by atoms with E-state index in [1.807, 2.05) is 67.6 Å². The van der Waals surface area contributed by atoms with Crippen LogP contribution in [0.2, 0.25) is 0 Å². The second kappa shape index (κ2) is 10.3. The first-order valence-electron chi connectivity index (χ1n) is 9.86. The molecule has 1 unspecified atom stereocenters. The third-order valence-electron chi connectivity index (χ3n) is 4.59. The highest BCUT2D eigenvalue weighted by Gasteiger charge is 2.31. The predicted molar refractivity (Wildman–Crippen MR) is 115 cm³/mol. The Hall–Kier alpha value is -3.35. The molecule has 0 aromatic heterocycles. The third kappa shape index (κ3) is 6.07. The SMILES string of the molecule is CCNC(=NCC(=O)NCc1ccccc1)NC1CC(=O)N(c2ccccc2)C1. The molecular weight excluding hydrogens is 366 g/mol. The number of benzene rings is 2. The number of hydrogen-bond acceptors (Lipinski definition) is 3. The zero-order chi connectivity index (χ0) is 20.5. The van der Waals surface area contributed by atoms with Crippen LogP contribution >= 0.6 is 0 Å². The number of guanidine groups is 1. The summed E-state index contributed by atoms with van der Waals surface area (Å²) < 4.78 is 0. The van der Waals surface area contributed by atoms with Crippen molar-refractivity contribution in [3.8, 4) is 0 Å². The first-order chi connectivity index (χ1) is 14.2. The number of amides is 2. The maximum atomic E-state index is 12.4. The summed E-state index contributed by atoms with van der Waals surface area (Å²) in [5.74, 6) is 0.458. The summed E-state index contributed by atoms with van der Waals surface area (Å²) in [6.45, 7) is 3.68. The molecule has 2 aromatic rings. The first kappa shape index (κ1) is 20.4. The lowest BCUT2D eigenvalue weighted by Gasteiger charge is -2.19. The van der Waals surface area contributed by atoms with Crippen molar-refractivity contribution in [1.29, 1.82) is 0 Å². The van der Waals surface area contributed by atoms with E-state index in [0.29, 0.717) is 32.0 Å². The third-order valence-corrected chi connectivity index (χ3v) is 4.59. The van der Waals surface area contributed by atoms with E-state index >= 15 is 0 Å². The number of nitrogens with one attached hydrogen (secondary N) is 3. The van der Waals surface area contributed by atoms with Gasteiger partial charge in [0.2, 0.25) is 11.8 Å². The highest BCUT2D eigenvalue weighted by Crippen LogP contribution is 2.20. The maximum Gasteiger partial charge on any atom is 0.242 e. The predicted octanol–water partition coefficient (Wildman–Crippen LogP) is 1.66. The number of aliphatic imine (C=N–C) groups is 1. The van der Waals surface area contributed by atoms with E-state index in [0.717, 1.165) is 11.3 Å². The Morgan fingerprint density at radius 3 is 2.45 bits per heavy atom. The Balaban J connectivity index is 1.52. The van der Waals surface area contributed by atoms with Crippen molar-refractivity contribution in [2.24, 2.45) is 4.99 Å². The van der Waals surface area contributed by atoms with Gasteiger partial charge < -0.3 is 20.9 Å². The minimum absolute atomic E-state index is 0.0191. The highest BCUT2D eigenvalue weighted by atomic mass is 16.2. The van der Waals surface area contributed by atoms with E-state index in [1.54, 1.807) is 4.90 Å². The molecule has 1 heterocycles. The number of rotatable bonds is 7. The van der Waals surface area contributed by atoms with E-state index < -0.39 is 0 Å². The molecule has 152 valence electrons. The molecule has 3 rings (SSSR count). The summed E-state index contributed by atoms with van der Waals surface area (Å²) in [7, 11) is 0. The molecule has 0 radical (unpaired) electrons. The van der Waals surface area contributed by atoms with Crippen LogP contribution in [0.1, 0.15) is 18.9 Å². The van der Waals surface area contributed by atoms with Crippen LogP contribution < -0.4 is 20.9 Å². The number of para-hydroxylation sites is 1. The van der Waals surface area contributed by atoms with Crippen LogP contribution in [0.3, 0.4) is 0 Å². The number of carbonyl (C=O) groups is 2. The minimum atomic E-state index is -0.153. The van der Waals surface area contributed by atoms with Crippen molar-refractivity contribution in [2.75, 3.05) is 24.5 Å². The molecule has 1 aliphatic rings. The summed E-state index contributed by atoms with van der Waals surface area (Å²) in [5, 5.41) is 9.27. The largest absolute Gasteiger partial charge is 0.357 e. The van der Waals surface area contributed by atoms with Crippen molar-refractivity contribution in [1.82, 2.24) is 16.0 Å². The molecule has 0 spiro atoms. The van der Waals surface area contributed by atoms with Gasteiger partial charge in [-0.05, 0) is 24.6 Å². The monoisotopic (exact) mass is 393 g/mol. The molecule has 1 fully saturated rings. The normalized spacial score (nSPS) is 16.6. The lowest BCUT2D eigenvalue weighted by molar-refractivity contribution is -0.120. The Labute approximate surface area is 171 Å². The molecular formula is C22H27N5O2. The lowest BCUT2D eigenvalue weighted by Crippen LogP contribution is -2.45. The molecule has 2 amide bonds. The summed E-state index contributed by atoms with van der Waals surface area (Å²) in [6.07, 6.45) is 0.388. The van der Waals surface area contributed by atoms with E-state index in [-0.39, 0.29) is 24.4 Å². The molecule has 7 heteroatoms. The zero-order valence-electron chi connectivity index (χ0n) is 16.6. The number of nitrogens with zero attached hydrogens (tertiary/aromatic N) is 2. The molecule has 0 saturated carbocycles. The van der Waals surface area contributed by atoms with Gasteiger partial charge in [0.25, 0.3) is 0 Å². The van der Waals surface area contributed by atoms with Crippen molar-refractivity contribution in [3.05, 3.63) is 66.2 Å². The van der Waals surface area contributed by atoms with Crippen LogP contribution in [0.25, 0.3) is 0 Å². The van der Waals surface area contributed by atoms with Crippen LogP contribution in [0, 0.1) is 0 Å². The Morgan fingerprint density at radius 2 is 1.76 bits per heavy atom. The van der Waals surface area contributed by atoms with Crippen molar-refractivity contribution < 1.29 is 9.59 Å². The average molecular weight is 393 g/mol. The molecule has 1 aliphatic heterocycles. The van der Waals surface area contributed by atoms with Crippen LogP contribution in [0.15, 0.2) is 65.7 Å². The Kier molecular flexibility index (Phi) is 7.22. The molecule has 2 aromatic carbocycles. The number of anilines is 1. The van der Waals surface area contributed by atoms with Gasteiger partial charge in [0.1, 0.15) is 6.54 Å². The summed E-state index contributed by atoms with van der Waals surface area (Å²) >= 11 is 0. The molecule has 0 bridgehead atoms. The molecule has 7 nitrogen and oxygen atoms in total. The average Bonchev–Trinajstić information content (AvgIpc) is 3.12. The van der Waals surface area contributed by atoms with Crippen LogP contribution in [-0.2, 0) is 16.1 Å². The van der Waals surface area contributed by atoms with Crippen molar-refractivity contribution in [2.45, 2.75) is 25.9 Å². The Bertz CT molecular complexity index is 839. The fourth-order valence-electron chi connectivity index (χ4n) is 3.18. The van der Waals surface area contributed by atoms with E-state index in [1.165, 1.54) is 0 Å². The smallest absolute Gasteiger partial charge is 0.242 e.